The lowest BCUT2D eigenvalue weighted by molar-refractivity contribution is -0.121. The first-order chi connectivity index (χ1) is 21.0. The van der Waals surface area contributed by atoms with E-state index in [1.807, 2.05) is 28.7 Å². The van der Waals surface area contributed by atoms with Gasteiger partial charge in [0.25, 0.3) is 5.56 Å². The van der Waals surface area contributed by atoms with Crippen LogP contribution in [0.15, 0.2) is 77.6 Å². The third-order valence-electron chi connectivity index (χ3n) is 7.94. The zero-order chi connectivity index (χ0) is 29.8. The van der Waals surface area contributed by atoms with E-state index in [0.717, 1.165) is 44.7 Å². The summed E-state index contributed by atoms with van der Waals surface area (Å²) in [5.74, 6) is 0.345. The van der Waals surface area contributed by atoms with Crippen molar-refractivity contribution in [2.75, 3.05) is 44.2 Å². The second kappa shape index (κ2) is 12.7. The van der Waals surface area contributed by atoms with Crippen molar-refractivity contribution >= 4 is 28.3 Å². The van der Waals surface area contributed by atoms with Crippen molar-refractivity contribution in [1.29, 1.82) is 0 Å². The highest BCUT2D eigenvalue weighted by molar-refractivity contribution is 5.80. The zero-order valence-electron chi connectivity index (χ0n) is 23.8. The number of para-hydroxylation sites is 2. The van der Waals surface area contributed by atoms with Gasteiger partial charge in [-0.15, -0.1) is 10.2 Å². The van der Waals surface area contributed by atoms with Gasteiger partial charge in [-0.1, -0.05) is 36.4 Å². The van der Waals surface area contributed by atoms with Crippen LogP contribution >= 0.6 is 0 Å². The van der Waals surface area contributed by atoms with E-state index < -0.39 is 0 Å². The molecule has 1 aliphatic heterocycles. The topological polar surface area (TPSA) is 87.8 Å². The molecule has 3 aromatic carbocycles. The summed E-state index contributed by atoms with van der Waals surface area (Å²) in [6, 6.07) is 20.1. The molecule has 0 aliphatic carbocycles. The smallest absolute Gasteiger partial charge is 0.263 e. The molecule has 3 heterocycles. The SMILES string of the molecule is O=C(CCc1nnc2n(Cc3ccc(F)cc3)c(=O)c3ccccc3n12)NCCCN1CCN(c2ccccc2F)CC1. The molecule has 6 rings (SSSR count). The summed E-state index contributed by atoms with van der Waals surface area (Å²) < 4.78 is 30.9. The number of halogens is 2. The molecule has 1 saturated heterocycles. The van der Waals surface area contributed by atoms with Crippen molar-refractivity contribution in [3.8, 4) is 0 Å². The van der Waals surface area contributed by atoms with Crippen LogP contribution in [0.5, 0.6) is 0 Å². The normalized spacial score (nSPS) is 14.0. The number of carbonyl (C=O) groups is 1. The van der Waals surface area contributed by atoms with E-state index in [4.69, 9.17) is 0 Å². The Bertz CT molecular complexity index is 1790. The molecule has 1 aliphatic rings. The van der Waals surface area contributed by atoms with Crippen molar-refractivity contribution in [1.82, 2.24) is 29.4 Å². The van der Waals surface area contributed by atoms with Gasteiger partial charge in [0, 0.05) is 45.6 Å². The van der Waals surface area contributed by atoms with Gasteiger partial charge in [-0.3, -0.25) is 23.5 Å². The maximum absolute atomic E-state index is 14.1. The van der Waals surface area contributed by atoms with Crippen molar-refractivity contribution in [2.24, 2.45) is 0 Å². The Morgan fingerprint density at radius 2 is 1.63 bits per heavy atom. The highest BCUT2D eigenvalue weighted by atomic mass is 19.1. The van der Waals surface area contributed by atoms with Crippen LogP contribution in [0, 0.1) is 11.6 Å². The van der Waals surface area contributed by atoms with E-state index in [1.165, 1.54) is 22.8 Å². The number of rotatable bonds is 10. The molecule has 1 fully saturated rings. The molecule has 43 heavy (non-hydrogen) atoms. The van der Waals surface area contributed by atoms with Crippen molar-refractivity contribution < 1.29 is 13.6 Å². The van der Waals surface area contributed by atoms with Crippen LogP contribution in [-0.4, -0.2) is 69.2 Å². The van der Waals surface area contributed by atoms with Gasteiger partial charge >= 0.3 is 0 Å². The van der Waals surface area contributed by atoms with E-state index >= 15 is 0 Å². The third kappa shape index (κ3) is 6.26. The predicted octanol–water partition coefficient (Wildman–Crippen LogP) is 3.63. The Balaban J connectivity index is 1.04. The number of piperazine rings is 1. The number of nitrogens with one attached hydrogen (secondary N) is 1. The Morgan fingerprint density at radius 3 is 2.42 bits per heavy atom. The number of hydrogen-bond donors (Lipinski definition) is 1. The summed E-state index contributed by atoms with van der Waals surface area (Å²) in [5, 5.41) is 12.2. The van der Waals surface area contributed by atoms with Crippen LogP contribution in [-0.2, 0) is 17.8 Å². The molecule has 0 radical (unpaired) electrons. The predicted molar refractivity (Wildman–Crippen MR) is 161 cm³/mol. The second-order valence-corrected chi connectivity index (χ2v) is 10.8. The van der Waals surface area contributed by atoms with E-state index in [0.29, 0.717) is 41.2 Å². The number of nitrogens with zero attached hydrogens (tertiary/aromatic N) is 6. The first-order valence-electron chi connectivity index (χ1n) is 14.6. The molecular formula is C32H33F2N7O2. The molecule has 0 bridgehead atoms. The van der Waals surface area contributed by atoms with Gasteiger partial charge in [-0.05, 0) is 54.9 Å². The fourth-order valence-corrected chi connectivity index (χ4v) is 5.66. The molecule has 11 heteroatoms. The number of aromatic nitrogens is 4. The Morgan fingerprint density at radius 1 is 0.884 bits per heavy atom. The highest BCUT2D eigenvalue weighted by Gasteiger charge is 2.20. The monoisotopic (exact) mass is 585 g/mol. The standard InChI is InChI=1S/C32H33F2N7O2/c33-24-12-10-23(11-13-24)22-40-31(43)25-6-1-3-8-27(25)41-29(36-37-32(40)41)14-15-30(42)35-16-5-17-38-18-20-39(21-19-38)28-9-4-2-7-26(28)34/h1-4,6-13H,5,14-22H2,(H,35,42). The minimum Gasteiger partial charge on any atom is -0.367 e. The highest BCUT2D eigenvalue weighted by Crippen LogP contribution is 2.20. The zero-order valence-corrected chi connectivity index (χ0v) is 23.8. The van der Waals surface area contributed by atoms with E-state index in [-0.39, 0.29) is 36.1 Å². The lowest BCUT2D eigenvalue weighted by Gasteiger charge is -2.36. The van der Waals surface area contributed by atoms with Gasteiger partial charge in [-0.2, -0.15) is 0 Å². The van der Waals surface area contributed by atoms with Gasteiger partial charge < -0.3 is 10.2 Å². The maximum Gasteiger partial charge on any atom is 0.263 e. The van der Waals surface area contributed by atoms with Crippen molar-refractivity contribution in [3.63, 3.8) is 0 Å². The molecule has 0 unspecified atom stereocenters. The first kappa shape index (κ1) is 28.5. The van der Waals surface area contributed by atoms with Gasteiger partial charge in [-0.25, -0.2) is 8.78 Å². The lowest BCUT2D eigenvalue weighted by Crippen LogP contribution is -2.47. The van der Waals surface area contributed by atoms with Crippen molar-refractivity contribution in [3.05, 3.63) is 106 Å². The molecule has 0 atom stereocenters. The number of aryl methyl sites for hydroxylation is 1. The molecule has 0 spiro atoms. The summed E-state index contributed by atoms with van der Waals surface area (Å²) in [6.07, 6.45) is 1.40. The van der Waals surface area contributed by atoms with Crippen LogP contribution in [0.3, 0.4) is 0 Å². The van der Waals surface area contributed by atoms with Crippen LogP contribution in [0.2, 0.25) is 0 Å². The molecule has 5 aromatic rings. The van der Waals surface area contributed by atoms with Crippen LogP contribution < -0.4 is 15.8 Å². The Labute approximate surface area is 247 Å². The second-order valence-electron chi connectivity index (χ2n) is 10.8. The van der Waals surface area contributed by atoms with Gasteiger partial charge in [0.1, 0.15) is 17.5 Å². The third-order valence-corrected chi connectivity index (χ3v) is 7.94. The average molecular weight is 586 g/mol. The molecule has 1 N–H and O–H groups in total. The quantitative estimate of drug-likeness (QED) is 0.252. The number of amides is 1. The van der Waals surface area contributed by atoms with Crippen LogP contribution in [0.25, 0.3) is 16.7 Å². The number of carbonyl (C=O) groups excluding carboxylic acids is 1. The molecule has 222 valence electrons. The average Bonchev–Trinajstić information content (AvgIpc) is 3.46. The van der Waals surface area contributed by atoms with Crippen LogP contribution in [0.4, 0.5) is 14.5 Å². The molecule has 0 saturated carbocycles. The van der Waals surface area contributed by atoms with E-state index in [1.54, 1.807) is 30.3 Å². The fourth-order valence-electron chi connectivity index (χ4n) is 5.66. The van der Waals surface area contributed by atoms with Crippen LogP contribution in [0.1, 0.15) is 24.2 Å². The number of benzene rings is 3. The molecule has 2 aromatic heterocycles. The summed E-state index contributed by atoms with van der Waals surface area (Å²) in [4.78, 5) is 30.5. The van der Waals surface area contributed by atoms with E-state index in [9.17, 15) is 18.4 Å². The number of hydrogen-bond acceptors (Lipinski definition) is 6. The fraction of sp³-hybridized carbons (Fsp3) is 0.312. The summed E-state index contributed by atoms with van der Waals surface area (Å²) >= 11 is 0. The minimum absolute atomic E-state index is 0.0786. The molecule has 1 amide bonds. The summed E-state index contributed by atoms with van der Waals surface area (Å²) in [5.41, 5.74) is 1.88. The lowest BCUT2D eigenvalue weighted by atomic mass is 10.2. The minimum atomic E-state index is -0.345. The van der Waals surface area contributed by atoms with E-state index in [2.05, 4.69) is 25.3 Å². The summed E-state index contributed by atoms with van der Waals surface area (Å²) in [7, 11) is 0. The van der Waals surface area contributed by atoms with Gasteiger partial charge in [0.15, 0.2) is 0 Å². The van der Waals surface area contributed by atoms with Gasteiger partial charge in [0.2, 0.25) is 11.7 Å². The molecular weight excluding hydrogens is 552 g/mol. The number of fused-ring (bicyclic) bond motifs is 3. The Kier molecular flexibility index (Phi) is 8.41. The first-order valence-corrected chi connectivity index (χ1v) is 14.6. The number of anilines is 1. The maximum atomic E-state index is 14.1. The van der Waals surface area contributed by atoms with Gasteiger partial charge in [0.05, 0.1) is 23.1 Å². The Hall–Kier alpha value is -4.64. The molecule has 9 nitrogen and oxygen atoms in total. The summed E-state index contributed by atoms with van der Waals surface area (Å²) in [6.45, 7) is 4.87. The largest absolute Gasteiger partial charge is 0.367 e. The van der Waals surface area contributed by atoms with Crippen molar-refractivity contribution in [2.45, 2.75) is 25.8 Å².